The lowest BCUT2D eigenvalue weighted by Crippen LogP contribution is -2.58. The normalized spacial score (nSPS) is 33.1. The molecule has 6 heteroatoms. The van der Waals surface area contributed by atoms with Crippen molar-refractivity contribution in [3.8, 4) is 0 Å². The number of nitrogens with zero attached hydrogens (tertiary/aromatic N) is 1. The quantitative estimate of drug-likeness (QED) is 0.765. The number of ether oxygens (including phenoxy) is 2. The van der Waals surface area contributed by atoms with Crippen LogP contribution in [0.15, 0.2) is 0 Å². The molecule has 2 aliphatic rings. The van der Waals surface area contributed by atoms with E-state index < -0.39 is 10.0 Å². The van der Waals surface area contributed by atoms with Gasteiger partial charge >= 0.3 is 0 Å². The highest BCUT2D eigenvalue weighted by atomic mass is 32.2. The number of hydrogen-bond donors (Lipinski definition) is 0. The van der Waals surface area contributed by atoms with Crippen LogP contribution in [0.5, 0.6) is 0 Å². The number of rotatable bonds is 5. The first kappa shape index (κ1) is 15.2. The molecule has 0 unspecified atom stereocenters. The number of piperidine rings is 1. The molecule has 2 aliphatic heterocycles. The van der Waals surface area contributed by atoms with Gasteiger partial charge in [-0.2, -0.15) is 0 Å². The zero-order chi connectivity index (χ0) is 13.9. The van der Waals surface area contributed by atoms with E-state index in [2.05, 4.69) is 0 Å². The van der Waals surface area contributed by atoms with Gasteiger partial charge in [0.05, 0.1) is 18.5 Å². The highest BCUT2D eigenvalue weighted by Gasteiger charge is 2.48. The Morgan fingerprint density at radius 3 is 2.89 bits per heavy atom. The molecule has 0 saturated carbocycles. The van der Waals surface area contributed by atoms with Gasteiger partial charge in [0.25, 0.3) is 0 Å². The molecule has 2 heterocycles. The van der Waals surface area contributed by atoms with Crippen molar-refractivity contribution >= 4 is 10.0 Å². The lowest BCUT2D eigenvalue weighted by Gasteiger charge is -2.49. The summed E-state index contributed by atoms with van der Waals surface area (Å²) in [6.45, 7) is 6.85. The van der Waals surface area contributed by atoms with Crippen LogP contribution in [0.3, 0.4) is 0 Å². The van der Waals surface area contributed by atoms with Crippen molar-refractivity contribution < 1.29 is 17.9 Å². The van der Waals surface area contributed by atoms with E-state index in [-0.39, 0.29) is 17.3 Å². The first-order valence-corrected chi connectivity index (χ1v) is 8.82. The Labute approximate surface area is 116 Å². The molecular formula is C13H25NO4S. The summed E-state index contributed by atoms with van der Waals surface area (Å²) >= 11 is 0. The minimum absolute atomic E-state index is 0.144. The van der Waals surface area contributed by atoms with Crippen LogP contribution in [-0.4, -0.2) is 57.5 Å². The Bertz CT molecular complexity index is 397. The zero-order valence-corrected chi connectivity index (χ0v) is 12.7. The van der Waals surface area contributed by atoms with Gasteiger partial charge in [0.2, 0.25) is 10.0 Å². The standard InChI is InChI=1S/C13H25NO4S/c1-3-17-11-13-7-5-9-18-12(13)6-8-14(10-13)19(15,16)4-2/h12H,3-11H2,1-2H3/t12-,13-/m1/s1. The summed E-state index contributed by atoms with van der Waals surface area (Å²) in [6, 6.07) is 0. The molecule has 2 atom stereocenters. The topological polar surface area (TPSA) is 55.8 Å². The summed E-state index contributed by atoms with van der Waals surface area (Å²) in [4.78, 5) is 0. The Balaban J connectivity index is 2.16. The second-order valence-electron chi connectivity index (χ2n) is 5.49. The maximum atomic E-state index is 12.1. The average Bonchev–Trinajstić information content (AvgIpc) is 2.44. The fraction of sp³-hybridized carbons (Fsp3) is 1.00. The van der Waals surface area contributed by atoms with E-state index in [9.17, 15) is 8.42 Å². The van der Waals surface area contributed by atoms with Crippen LogP contribution in [0, 0.1) is 5.41 Å². The Morgan fingerprint density at radius 2 is 2.21 bits per heavy atom. The third kappa shape index (κ3) is 3.12. The summed E-state index contributed by atoms with van der Waals surface area (Å²) in [6.07, 6.45) is 2.92. The van der Waals surface area contributed by atoms with Crippen molar-refractivity contribution in [3.05, 3.63) is 0 Å². The van der Waals surface area contributed by atoms with E-state index in [0.717, 1.165) is 25.9 Å². The fourth-order valence-electron chi connectivity index (χ4n) is 3.19. The van der Waals surface area contributed by atoms with Gasteiger partial charge in [-0.25, -0.2) is 12.7 Å². The summed E-state index contributed by atoms with van der Waals surface area (Å²) < 4.78 is 37.3. The minimum atomic E-state index is -3.11. The molecule has 0 N–H and O–H groups in total. The first-order valence-electron chi connectivity index (χ1n) is 7.21. The van der Waals surface area contributed by atoms with Crippen molar-refractivity contribution in [3.63, 3.8) is 0 Å². The third-order valence-electron chi connectivity index (χ3n) is 4.30. The van der Waals surface area contributed by atoms with Crippen molar-refractivity contribution in [2.24, 2.45) is 5.41 Å². The Hall–Kier alpha value is -0.170. The maximum absolute atomic E-state index is 12.1. The maximum Gasteiger partial charge on any atom is 0.213 e. The van der Waals surface area contributed by atoms with Gasteiger partial charge in [-0.15, -0.1) is 0 Å². The predicted molar refractivity (Wildman–Crippen MR) is 73.6 cm³/mol. The van der Waals surface area contributed by atoms with Crippen LogP contribution < -0.4 is 0 Å². The molecule has 0 aliphatic carbocycles. The van der Waals surface area contributed by atoms with Crippen LogP contribution >= 0.6 is 0 Å². The van der Waals surface area contributed by atoms with Crippen molar-refractivity contribution in [2.45, 2.75) is 39.2 Å². The molecule has 2 saturated heterocycles. The van der Waals surface area contributed by atoms with E-state index in [1.165, 1.54) is 0 Å². The third-order valence-corrected chi connectivity index (χ3v) is 6.13. The van der Waals surface area contributed by atoms with Crippen LogP contribution in [0.4, 0.5) is 0 Å². The molecule has 0 aromatic heterocycles. The molecule has 0 aromatic carbocycles. The monoisotopic (exact) mass is 291 g/mol. The highest BCUT2D eigenvalue weighted by Crippen LogP contribution is 2.41. The van der Waals surface area contributed by atoms with Crippen molar-refractivity contribution in [2.75, 3.05) is 38.7 Å². The SMILES string of the molecule is CCOC[C@]12CCCO[C@@H]1CCN(S(=O)(=O)CC)C2. The summed E-state index contributed by atoms with van der Waals surface area (Å²) in [5.41, 5.74) is -0.144. The van der Waals surface area contributed by atoms with Gasteiger partial charge in [0, 0.05) is 31.7 Å². The molecule has 0 spiro atoms. The zero-order valence-electron chi connectivity index (χ0n) is 11.9. The van der Waals surface area contributed by atoms with Gasteiger partial charge in [-0.05, 0) is 33.1 Å². The molecule has 112 valence electrons. The van der Waals surface area contributed by atoms with Gasteiger partial charge in [0.15, 0.2) is 0 Å². The van der Waals surface area contributed by atoms with Crippen LogP contribution in [0.25, 0.3) is 0 Å². The molecule has 19 heavy (non-hydrogen) atoms. The van der Waals surface area contributed by atoms with Gasteiger partial charge < -0.3 is 9.47 Å². The van der Waals surface area contributed by atoms with E-state index in [1.54, 1.807) is 11.2 Å². The van der Waals surface area contributed by atoms with E-state index in [1.807, 2.05) is 6.92 Å². The lowest BCUT2D eigenvalue weighted by atomic mass is 9.73. The van der Waals surface area contributed by atoms with E-state index >= 15 is 0 Å². The van der Waals surface area contributed by atoms with Crippen molar-refractivity contribution in [1.29, 1.82) is 0 Å². The Morgan fingerprint density at radius 1 is 1.42 bits per heavy atom. The van der Waals surface area contributed by atoms with E-state index in [0.29, 0.717) is 26.3 Å². The predicted octanol–water partition coefficient (Wildman–Crippen LogP) is 1.24. The van der Waals surface area contributed by atoms with Crippen LogP contribution in [0.2, 0.25) is 0 Å². The number of fused-ring (bicyclic) bond motifs is 1. The Kier molecular flexibility index (Phi) is 4.87. The highest BCUT2D eigenvalue weighted by molar-refractivity contribution is 7.89. The number of hydrogen-bond acceptors (Lipinski definition) is 4. The second-order valence-corrected chi connectivity index (χ2v) is 7.74. The summed E-state index contributed by atoms with van der Waals surface area (Å²) in [7, 11) is -3.11. The molecule has 2 fully saturated rings. The van der Waals surface area contributed by atoms with Gasteiger partial charge in [0.1, 0.15) is 0 Å². The molecule has 0 aromatic rings. The minimum Gasteiger partial charge on any atom is -0.381 e. The molecule has 0 amide bonds. The first-order chi connectivity index (χ1) is 9.04. The van der Waals surface area contributed by atoms with Crippen molar-refractivity contribution in [1.82, 2.24) is 4.31 Å². The molecule has 5 nitrogen and oxygen atoms in total. The van der Waals surface area contributed by atoms with Gasteiger partial charge in [-0.3, -0.25) is 0 Å². The summed E-state index contributed by atoms with van der Waals surface area (Å²) in [5.74, 6) is 0.170. The number of sulfonamides is 1. The summed E-state index contributed by atoms with van der Waals surface area (Å²) in [5, 5.41) is 0. The molecular weight excluding hydrogens is 266 g/mol. The smallest absolute Gasteiger partial charge is 0.213 e. The lowest BCUT2D eigenvalue weighted by molar-refractivity contribution is -0.141. The molecule has 0 radical (unpaired) electrons. The second kappa shape index (κ2) is 6.08. The molecule has 2 rings (SSSR count). The van der Waals surface area contributed by atoms with Crippen LogP contribution in [-0.2, 0) is 19.5 Å². The van der Waals surface area contributed by atoms with E-state index in [4.69, 9.17) is 9.47 Å². The fourth-order valence-corrected chi connectivity index (χ4v) is 4.39. The largest absolute Gasteiger partial charge is 0.381 e. The average molecular weight is 291 g/mol. The molecule has 0 bridgehead atoms. The van der Waals surface area contributed by atoms with Gasteiger partial charge in [-0.1, -0.05) is 0 Å². The van der Waals surface area contributed by atoms with Crippen LogP contribution in [0.1, 0.15) is 33.1 Å².